The number of thioether (sulfide) groups is 1. The Morgan fingerprint density at radius 3 is 3.04 bits per heavy atom. The van der Waals surface area contributed by atoms with Crippen LogP contribution in [0.4, 0.5) is 5.82 Å². The second kappa shape index (κ2) is 6.74. The molecule has 1 unspecified atom stereocenters. The molecule has 1 amide bonds. The summed E-state index contributed by atoms with van der Waals surface area (Å²) in [6.07, 6.45) is 8.94. The van der Waals surface area contributed by atoms with Gasteiger partial charge in [-0.3, -0.25) is 9.79 Å². The lowest BCUT2D eigenvalue weighted by Crippen LogP contribution is -2.41. The number of hydrogen-bond donors (Lipinski definition) is 2. The predicted molar refractivity (Wildman–Crippen MR) is 105 cm³/mol. The number of aliphatic imine (C=N–C) groups is 1. The Balaban J connectivity index is 1.39. The molecule has 4 aliphatic rings. The second-order valence-corrected chi connectivity index (χ2v) is 8.67. The minimum Gasteiger partial charge on any atom is -0.363 e. The van der Waals surface area contributed by atoms with Gasteiger partial charge in [-0.25, -0.2) is 0 Å². The molecule has 0 bridgehead atoms. The van der Waals surface area contributed by atoms with Crippen molar-refractivity contribution in [3.05, 3.63) is 34.2 Å². The Kier molecular flexibility index (Phi) is 4.22. The van der Waals surface area contributed by atoms with Crippen LogP contribution in [0.1, 0.15) is 44.9 Å². The number of fused-ring (bicyclic) bond motifs is 2. The van der Waals surface area contributed by atoms with Crippen LogP contribution >= 0.6 is 11.8 Å². The van der Waals surface area contributed by atoms with Gasteiger partial charge in [-0.05, 0) is 49.0 Å². The molecule has 27 heavy (non-hydrogen) atoms. The molecule has 1 fully saturated rings. The van der Waals surface area contributed by atoms with Gasteiger partial charge >= 0.3 is 0 Å². The number of hydrogen-bond acceptors (Lipinski definition) is 7. The average Bonchev–Trinajstić information content (AvgIpc) is 3.26. The van der Waals surface area contributed by atoms with Crippen LogP contribution in [0.2, 0.25) is 0 Å². The van der Waals surface area contributed by atoms with Gasteiger partial charge in [0.15, 0.2) is 5.82 Å². The van der Waals surface area contributed by atoms with Gasteiger partial charge in [0.1, 0.15) is 23.3 Å². The Labute approximate surface area is 162 Å². The van der Waals surface area contributed by atoms with E-state index in [1.54, 1.807) is 6.07 Å². The molecular formula is C19H23N5O2S. The molecule has 2 N–H and O–H groups in total. The van der Waals surface area contributed by atoms with E-state index in [2.05, 4.69) is 27.7 Å². The van der Waals surface area contributed by atoms with Crippen molar-refractivity contribution >= 4 is 29.3 Å². The fourth-order valence-corrected chi connectivity index (χ4v) is 5.43. The third kappa shape index (κ3) is 3.26. The number of anilines is 1. The molecule has 0 saturated heterocycles. The van der Waals surface area contributed by atoms with E-state index in [0.29, 0.717) is 11.9 Å². The lowest BCUT2D eigenvalue weighted by molar-refractivity contribution is -0.115. The quantitative estimate of drug-likeness (QED) is 0.810. The number of nitrogens with one attached hydrogen (secondary N) is 2. The average molecular weight is 385 g/mol. The molecule has 8 heteroatoms. The number of allylic oxidation sites excluding steroid dienone is 1. The van der Waals surface area contributed by atoms with Crippen molar-refractivity contribution in [3.63, 3.8) is 0 Å². The van der Waals surface area contributed by atoms with Gasteiger partial charge in [-0.1, -0.05) is 16.9 Å². The standard InChI is InChI=1S/C19H23N5O2S/c1-24(11-6-7-11)18-17-12-4-2-3-5-13(12)27-19(17)22-15(21-18)10-16(25)20-14-8-9-26-23-14/h8-9,11,19H,2-7,10H2,1H3,(H,21,22)(H,20,23,25). The fourth-order valence-electron chi connectivity index (χ4n) is 3.99. The molecular weight excluding hydrogens is 362 g/mol. The second-order valence-electron chi connectivity index (χ2n) is 7.49. The van der Waals surface area contributed by atoms with E-state index in [-0.39, 0.29) is 17.7 Å². The van der Waals surface area contributed by atoms with Crippen LogP contribution in [0.25, 0.3) is 0 Å². The Bertz CT molecular complexity index is 853. The van der Waals surface area contributed by atoms with E-state index in [1.165, 1.54) is 48.0 Å². The lowest BCUT2D eigenvalue weighted by atomic mass is 9.92. The zero-order valence-electron chi connectivity index (χ0n) is 15.3. The Morgan fingerprint density at radius 2 is 2.26 bits per heavy atom. The first-order valence-electron chi connectivity index (χ1n) is 9.59. The highest BCUT2D eigenvalue weighted by molar-refractivity contribution is 8.04. The molecule has 7 nitrogen and oxygen atoms in total. The van der Waals surface area contributed by atoms with E-state index < -0.39 is 0 Å². The number of carbonyl (C=O) groups excluding carboxylic acids is 1. The summed E-state index contributed by atoms with van der Waals surface area (Å²) in [5.41, 5.74) is 2.85. The highest BCUT2D eigenvalue weighted by Crippen LogP contribution is 2.51. The predicted octanol–water partition coefficient (Wildman–Crippen LogP) is 3.21. The molecule has 1 aromatic heterocycles. The highest BCUT2D eigenvalue weighted by atomic mass is 32.2. The number of nitrogens with zero attached hydrogens (tertiary/aromatic N) is 3. The van der Waals surface area contributed by atoms with Crippen molar-refractivity contribution in [2.45, 2.75) is 56.4 Å². The van der Waals surface area contributed by atoms with Crippen molar-refractivity contribution in [1.29, 1.82) is 0 Å². The van der Waals surface area contributed by atoms with Crippen LogP contribution < -0.4 is 10.6 Å². The summed E-state index contributed by atoms with van der Waals surface area (Å²) in [4.78, 5) is 21.1. The molecule has 2 aliphatic carbocycles. The summed E-state index contributed by atoms with van der Waals surface area (Å²) in [7, 11) is 2.16. The first-order valence-corrected chi connectivity index (χ1v) is 10.5. The van der Waals surface area contributed by atoms with Gasteiger partial charge in [-0.15, -0.1) is 0 Å². The van der Waals surface area contributed by atoms with Gasteiger partial charge < -0.3 is 20.1 Å². The molecule has 1 aromatic rings. The summed E-state index contributed by atoms with van der Waals surface area (Å²) in [5, 5.41) is 10.1. The Morgan fingerprint density at radius 1 is 1.41 bits per heavy atom. The van der Waals surface area contributed by atoms with E-state index >= 15 is 0 Å². The van der Waals surface area contributed by atoms with Crippen molar-refractivity contribution in [1.82, 2.24) is 15.4 Å². The number of carbonyl (C=O) groups is 1. The normalized spacial score (nSPS) is 24.2. The molecule has 5 rings (SSSR count). The van der Waals surface area contributed by atoms with E-state index in [1.807, 2.05) is 11.8 Å². The van der Waals surface area contributed by atoms with Crippen LogP contribution in [0.3, 0.4) is 0 Å². The van der Waals surface area contributed by atoms with Gasteiger partial charge in [0.2, 0.25) is 5.91 Å². The van der Waals surface area contributed by atoms with Crippen LogP contribution in [0, 0.1) is 0 Å². The van der Waals surface area contributed by atoms with E-state index in [4.69, 9.17) is 9.52 Å². The molecule has 0 spiro atoms. The summed E-state index contributed by atoms with van der Waals surface area (Å²) in [6, 6.07) is 2.23. The number of amides is 1. The van der Waals surface area contributed by atoms with Gasteiger partial charge in [0.05, 0.1) is 6.42 Å². The first-order chi connectivity index (χ1) is 13.2. The maximum absolute atomic E-state index is 12.4. The minimum absolute atomic E-state index is 0.0837. The summed E-state index contributed by atoms with van der Waals surface area (Å²) in [5.74, 6) is 2.16. The monoisotopic (exact) mass is 385 g/mol. The zero-order valence-corrected chi connectivity index (χ0v) is 16.1. The Hall–Kier alpha value is -2.22. The summed E-state index contributed by atoms with van der Waals surface area (Å²) in [6.45, 7) is 0. The van der Waals surface area contributed by atoms with Gasteiger partial charge in [0, 0.05) is 24.7 Å². The van der Waals surface area contributed by atoms with Crippen LogP contribution in [0.15, 0.2) is 43.7 Å². The zero-order chi connectivity index (χ0) is 18.4. The highest BCUT2D eigenvalue weighted by Gasteiger charge is 2.40. The summed E-state index contributed by atoms with van der Waals surface area (Å²) >= 11 is 1.88. The van der Waals surface area contributed by atoms with Gasteiger partial charge in [0.25, 0.3) is 0 Å². The van der Waals surface area contributed by atoms with E-state index in [9.17, 15) is 4.79 Å². The smallest absolute Gasteiger partial charge is 0.233 e. The van der Waals surface area contributed by atoms with Crippen molar-refractivity contribution < 1.29 is 9.32 Å². The molecule has 0 radical (unpaired) electrons. The van der Waals surface area contributed by atoms with Crippen molar-refractivity contribution in [2.24, 2.45) is 4.99 Å². The van der Waals surface area contributed by atoms with Crippen LogP contribution in [-0.4, -0.2) is 40.3 Å². The largest absolute Gasteiger partial charge is 0.363 e. The SMILES string of the molecule is CN(C1=C2C3=C(CCCC3)SC2N=C(CC(=O)Nc2ccon2)N1)C1CC1. The molecule has 0 aromatic carbocycles. The van der Waals surface area contributed by atoms with Crippen molar-refractivity contribution in [2.75, 3.05) is 12.4 Å². The number of amidine groups is 1. The van der Waals surface area contributed by atoms with Crippen LogP contribution in [-0.2, 0) is 4.79 Å². The fraction of sp³-hybridized carbons (Fsp3) is 0.526. The van der Waals surface area contributed by atoms with E-state index in [0.717, 1.165) is 24.5 Å². The topological polar surface area (TPSA) is 82.8 Å². The molecule has 1 atom stereocenters. The lowest BCUT2D eigenvalue weighted by Gasteiger charge is -2.32. The third-order valence-corrected chi connectivity index (χ3v) is 6.81. The molecule has 3 heterocycles. The summed E-state index contributed by atoms with van der Waals surface area (Å²) < 4.78 is 4.76. The molecule has 1 saturated carbocycles. The van der Waals surface area contributed by atoms with Gasteiger partial charge in [-0.2, -0.15) is 0 Å². The third-order valence-electron chi connectivity index (χ3n) is 5.51. The number of rotatable bonds is 5. The minimum atomic E-state index is -0.146. The molecule has 2 aliphatic heterocycles. The van der Waals surface area contributed by atoms with Crippen LogP contribution in [0.5, 0.6) is 0 Å². The maximum atomic E-state index is 12.4. The van der Waals surface area contributed by atoms with Crippen molar-refractivity contribution in [3.8, 4) is 0 Å². The number of aromatic nitrogens is 1. The molecule has 142 valence electrons. The first kappa shape index (κ1) is 16.9. The maximum Gasteiger partial charge on any atom is 0.233 e.